The normalized spacial score (nSPS) is 14.4. The zero-order valence-corrected chi connectivity index (χ0v) is 11.9. The van der Waals surface area contributed by atoms with Gasteiger partial charge in [0.2, 0.25) is 11.7 Å². The van der Waals surface area contributed by atoms with E-state index >= 15 is 0 Å². The van der Waals surface area contributed by atoms with Crippen LogP contribution in [-0.2, 0) is 16.1 Å². The predicted octanol–water partition coefficient (Wildman–Crippen LogP) is 3.08. The van der Waals surface area contributed by atoms with Crippen molar-refractivity contribution in [1.29, 1.82) is 0 Å². The van der Waals surface area contributed by atoms with Crippen molar-refractivity contribution in [2.75, 3.05) is 11.6 Å². The Hall–Kier alpha value is -2.44. The summed E-state index contributed by atoms with van der Waals surface area (Å²) in [5, 5.41) is 2.68. The maximum atomic E-state index is 12.5. The number of alkyl halides is 3. The van der Waals surface area contributed by atoms with Crippen LogP contribution in [0.4, 0.5) is 18.9 Å². The summed E-state index contributed by atoms with van der Waals surface area (Å²) in [4.78, 5) is 12.7. The minimum absolute atomic E-state index is 0.180. The molecule has 0 unspecified atom stereocenters. The molecule has 1 N–H and O–H groups in total. The third-order valence-corrected chi connectivity index (χ3v) is 3.02. The molecule has 118 valence electrons. The lowest BCUT2D eigenvalue weighted by molar-refractivity contribution is -0.126. The van der Waals surface area contributed by atoms with Gasteiger partial charge in [0, 0.05) is 17.8 Å². The molecule has 1 aliphatic rings. The largest absolute Gasteiger partial charge is 0.466 e. The quantitative estimate of drug-likeness (QED) is 0.869. The highest BCUT2D eigenvalue weighted by Gasteiger charge is 2.39. The van der Waals surface area contributed by atoms with Gasteiger partial charge in [-0.1, -0.05) is 18.7 Å². The van der Waals surface area contributed by atoms with Crippen molar-refractivity contribution in [3.05, 3.63) is 53.9 Å². The molecule has 0 bridgehead atoms. The lowest BCUT2D eigenvalue weighted by atomic mass is 10.2. The fourth-order valence-electron chi connectivity index (χ4n) is 1.80. The molecule has 0 spiro atoms. The van der Waals surface area contributed by atoms with E-state index in [1.807, 2.05) is 0 Å². The molecule has 2 rings (SSSR count). The zero-order valence-electron chi connectivity index (χ0n) is 11.9. The Balaban J connectivity index is 2.00. The van der Waals surface area contributed by atoms with Crippen molar-refractivity contribution in [2.45, 2.75) is 19.6 Å². The molecule has 0 radical (unpaired) electrons. The van der Waals surface area contributed by atoms with Gasteiger partial charge >= 0.3 is 6.18 Å². The van der Waals surface area contributed by atoms with Gasteiger partial charge in [-0.05, 0) is 24.6 Å². The number of carbonyl (C=O) groups excluding carboxylic acids is 1. The Morgan fingerprint density at radius 2 is 2.00 bits per heavy atom. The highest BCUT2D eigenvalue weighted by atomic mass is 19.4. The standard InChI is InChI=1S/C15H15F3N2O2/c1-10(2)14(21)19-7-11-3-5-12(6-4-11)20-8-13(22-9-20)15(16,17)18/h3-6,8H,1,7,9H2,2H3,(H,19,21). The molecule has 1 aromatic rings. The van der Waals surface area contributed by atoms with E-state index in [9.17, 15) is 18.0 Å². The van der Waals surface area contributed by atoms with E-state index in [-0.39, 0.29) is 12.6 Å². The number of carbonyl (C=O) groups is 1. The molecule has 0 fully saturated rings. The minimum atomic E-state index is -4.48. The van der Waals surface area contributed by atoms with Crippen LogP contribution < -0.4 is 10.2 Å². The summed E-state index contributed by atoms with van der Waals surface area (Å²) in [5.74, 6) is -1.25. The van der Waals surface area contributed by atoms with Crippen LogP contribution in [0.25, 0.3) is 0 Å². The molecule has 0 atom stereocenters. The highest BCUT2D eigenvalue weighted by molar-refractivity contribution is 5.92. The van der Waals surface area contributed by atoms with Crippen LogP contribution in [0.2, 0.25) is 0 Å². The first-order chi connectivity index (χ1) is 10.3. The number of allylic oxidation sites excluding steroid dienone is 1. The maximum absolute atomic E-state index is 12.5. The molecule has 0 saturated heterocycles. The first kappa shape index (κ1) is 15.9. The Labute approximate surface area is 125 Å². The van der Waals surface area contributed by atoms with Crippen LogP contribution in [0.1, 0.15) is 12.5 Å². The second-order valence-electron chi connectivity index (χ2n) is 4.86. The maximum Gasteiger partial charge on any atom is 0.450 e. The molecular weight excluding hydrogens is 297 g/mol. The summed E-state index contributed by atoms with van der Waals surface area (Å²) < 4.78 is 42.1. The van der Waals surface area contributed by atoms with E-state index < -0.39 is 11.9 Å². The van der Waals surface area contributed by atoms with E-state index in [0.717, 1.165) is 11.8 Å². The Kier molecular flexibility index (Phi) is 4.44. The summed E-state index contributed by atoms with van der Waals surface area (Å²) in [7, 11) is 0. The summed E-state index contributed by atoms with van der Waals surface area (Å²) in [6, 6.07) is 6.80. The summed E-state index contributed by atoms with van der Waals surface area (Å²) in [6.07, 6.45) is -3.56. The minimum Gasteiger partial charge on any atom is -0.466 e. The van der Waals surface area contributed by atoms with E-state index in [2.05, 4.69) is 16.6 Å². The molecule has 1 aliphatic heterocycles. The van der Waals surface area contributed by atoms with Crippen molar-refractivity contribution in [1.82, 2.24) is 5.32 Å². The van der Waals surface area contributed by atoms with E-state index in [4.69, 9.17) is 0 Å². The van der Waals surface area contributed by atoms with Crippen LogP contribution in [0.15, 0.2) is 48.4 Å². The topological polar surface area (TPSA) is 41.6 Å². The number of amides is 1. The first-order valence-corrected chi connectivity index (χ1v) is 6.48. The lowest BCUT2D eigenvalue weighted by Gasteiger charge is -2.14. The van der Waals surface area contributed by atoms with Gasteiger partial charge in [-0.15, -0.1) is 0 Å². The molecule has 1 amide bonds. The predicted molar refractivity (Wildman–Crippen MR) is 75.7 cm³/mol. The van der Waals surface area contributed by atoms with Gasteiger partial charge in [0.05, 0.1) is 6.20 Å². The van der Waals surface area contributed by atoms with Crippen LogP contribution in [-0.4, -0.2) is 18.8 Å². The highest BCUT2D eigenvalue weighted by Crippen LogP contribution is 2.32. The van der Waals surface area contributed by atoms with E-state index in [1.165, 1.54) is 4.90 Å². The third kappa shape index (κ3) is 3.81. The van der Waals surface area contributed by atoms with Gasteiger partial charge < -0.3 is 15.0 Å². The second kappa shape index (κ2) is 6.13. The molecule has 7 heteroatoms. The Bertz CT molecular complexity index is 606. The first-order valence-electron chi connectivity index (χ1n) is 6.48. The Morgan fingerprint density at radius 1 is 1.36 bits per heavy atom. The number of hydrogen-bond donors (Lipinski definition) is 1. The molecule has 0 saturated carbocycles. The lowest BCUT2D eigenvalue weighted by Crippen LogP contribution is -2.23. The van der Waals surface area contributed by atoms with Crippen molar-refractivity contribution >= 4 is 11.6 Å². The van der Waals surface area contributed by atoms with Gasteiger partial charge in [0.15, 0.2) is 6.73 Å². The van der Waals surface area contributed by atoms with E-state index in [0.29, 0.717) is 17.8 Å². The summed E-state index contributed by atoms with van der Waals surface area (Å²) in [5.41, 5.74) is 1.82. The third-order valence-electron chi connectivity index (χ3n) is 3.02. The van der Waals surface area contributed by atoms with Crippen molar-refractivity contribution < 1.29 is 22.7 Å². The number of hydrogen-bond acceptors (Lipinski definition) is 3. The number of anilines is 1. The van der Waals surface area contributed by atoms with Crippen LogP contribution in [0, 0.1) is 0 Å². The molecule has 4 nitrogen and oxygen atoms in total. The Morgan fingerprint density at radius 3 is 2.50 bits per heavy atom. The molecular formula is C15H15F3N2O2. The average molecular weight is 312 g/mol. The number of nitrogens with one attached hydrogen (secondary N) is 1. The smallest absolute Gasteiger partial charge is 0.450 e. The van der Waals surface area contributed by atoms with Crippen molar-refractivity contribution in [3.8, 4) is 0 Å². The van der Waals surface area contributed by atoms with Crippen molar-refractivity contribution in [3.63, 3.8) is 0 Å². The molecule has 1 aromatic carbocycles. The molecule has 0 aromatic heterocycles. The number of halogens is 3. The van der Waals surface area contributed by atoms with Gasteiger partial charge in [-0.25, -0.2) is 0 Å². The summed E-state index contributed by atoms with van der Waals surface area (Å²) >= 11 is 0. The molecule has 22 heavy (non-hydrogen) atoms. The SMILES string of the molecule is C=C(C)C(=O)NCc1ccc(N2C=C(C(F)(F)F)OC2)cc1. The number of ether oxygens (including phenoxy) is 1. The van der Waals surface area contributed by atoms with Crippen LogP contribution in [0.3, 0.4) is 0 Å². The van der Waals surface area contributed by atoms with E-state index in [1.54, 1.807) is 31.2 Å². The number of benzene rings is 1. The molecule has 0 aliphatic carbocycles. The number of rotatable bonds is 4. The zero-order chi connectivity index (χ0) is 16.3. The number of nitrogens with zero attached hydrogens (tertiary/aromatic N) is 1. The average Bonchev–Trinajstić information content (AvgIpc) is 2.95. The van der Waals surface area contributed by atoms with Gasteiger partial charge in [0.25, 0.3) is 0 Å². The summed E-state index contributed by atoms with van der Waals surface area (Å²) in [6.45, 7) is 5.28. The van der Waals surface area contributed by atoms with Crippen molar-refractivity contribution in [2.24, 2.45) is 0 Å². The fourth-order valence-corrected chi connectivity index (χ4v) is 1.80. The van der Waals surface area contributed by atoms with Gasteiger partial charge in [-0.2, -0.15) is 13.2 Å². The second-order valence-corrected chi connectivity index (χ2v) is 4.86. The molecule has 1 heterocycles. The van der Waals surface area contributed by atoms with Crippen LogP contribution >= 0.6 is 0 Å². The monoisotopic (exact) mass is 312 g/mol. The van der Waals surface area contributed by atoms with Gasteiger partial charge in [-0.3, -0.25) is 4.79 Å². The van der Waals surface area contributed by atoms with Crippen LogP contribution in [0.5, 0.6) is 0 Å². The fraction of sp³-hybridized carbons (Fsp3) is 0.267. The van der Waals surface area contributed by atoms with Gasteiger partial charge in [0.1, 0.15) is 0 Å².